The maximum absolute atomic E-state index is 10.4. The summed E-state index contributed by atoms with van der Waals surface area (Å²) in [7, 11) is 6.87. The summed E-state index contributed by atoms with van der Waals surface area (Å²) < 4.78 is 16.2. The number of nitrogens with zero attached hydrogens (tertiary/aromatic N) is 1. The van der Waals surface area contributed by atoms with Crippen LogP contribution in [0.15, 0.2) is 12.1 Å². The van der Waals surface area contributed by atoms with Crippen molar-refractivity contribution in [2.24, 2.45) is 0 Å². The Bertz CT molecular complexity index is 438. The Morgan fingerprint density at radius 3 is 2.15 bits per heavy atom. The quantitative estimate of drug-likeness (QED) is 0.906. The second-order valence-electron chi connectivity index (χ2n) is 5.17. The van der Waals surface area contributed by atoms with Crippen LogP contribution in [0.5, 0.6) is 17.2 Å². The molecule has 1 aliphatic rings. The largest absolute Gasteiger partial charge is 0.496 e. The number of hydrogen-bond acceptors (Lipinski definition) is 5. The molecule has 1 aromatic carbocycles. The van der Waals surface area contributed by atoms with Crippen LogP contribution >= 0.6 is 0 Å². The lowest BCUT2D eigenvalue weighted by molar-refractivity contribution is 0.0619. The van der Waals surface area contributed by atoms with E-state index in [1.807, 2.05) is 19.2 Å². The summed E-state index contributed by atoms with van der Waals surface area (Å²) in [4.78, 5) is 2.13. The molecule has 0 radical (unpaired) electrons. The number of rotatable bonds is 4. The molecule has 0 amide bonds. The maximum Gasteiger partial charge on any atom is 0.129 e. The van der Waals surface area contributed by atoms with Crippen LogP contribution in [0, 0.1) is 0 Å². The van der Waals surface area contributed by atoms with Crippen LogP contribution < -0.4 is 14.2 Å². The number of piperidine rings is 1. The fourth-order valence-corrected chi connectivity index (χ4v) is 2.82. The summed E-state index contributed by atoms with van der Waals surface area (Å²) in [6, 6.07) is 3.67. The normalized spacial score (nSPS) is 23.4. The van der Waals surface area contributed by atoms with Crippen molar-refractivity contribution < 1.29 is 19.3 Å². The second kappa shape index (κ2) is 6.33. The van der Waals surface area contributed by atoms with Crippen LogP contribution in [0.3, 0.4) is 0 Å². The zero-order chi connectivity index (χ0) is 14.7. The van der Waals surface area contributed by atoms with Crippen molar-refractivity contribution >= 4 is 0 Å². The van der Waals surface area contributed by atoms with Crippen molar-refractivity contribution in [1.29, 1.82) is 0 Å². The molecule has 1 aliphatic heterocycles. The first-order chi connectivity index (χ1) is 9.60. The molecule has 0 bridgehead atoms. The number of hydrogen-bond donors (Lipinski definition) is 1. The Morgan fingerprint density at radius 1 is 1.10 bits per heavy atom. The molecule has 5 heteroatoms. The molecular weight excluding hydrogens is 258 g/mol. The van der Waals surface area contributed by atoms with Gasteiger partial charge in [-0.3, -0.25) is 0 Å². The average molecular weight is 281 g/mol. The smallest absolute Gasteiger partial charge is 0.129 e. The SMILES string of the molecule is COc1cc(OC)c(C2CCN(C)CC2O)c(OC)c1. The van der Waals surface area contributed by atoms with Crippen LogP contribution in [0.2, 0.25) is 0 Å². The minimum Gasteiger partial charge on any atom is -0.496 e. The highest BCUT2D eigenvalue weighted by atomic mass is 16.5. The molecule has 1 N–H and O–H groups in total. The second-order valence-corrected chi connectivity index (χ2v) is 5.17. The van der Waals surface area contributed by atoms with Crippen LogP contribution in [-0.4, -0.2) is 57.6 Å². The van der Waals surface area contributed by atoms with Gasteiger partial charge in [-0.25, -0.2) is 0 Å². The van der Waals surface area contributed by atoms with E-state index in [-0.39, 0.29) is 5.92 Å². The molecule has 2 rings (SSSR count). The molecule has 2 unspecified atom stereocenters. The molecule has 1 heterocycles. The first kappa shape index (κ1) is 14.9. The maximum atomic E-state index is 10.4. The number of aliphatic hydroxyl groups excluding tert-OH is 1. The fourth-order valence-electron chi connectivity index (χ4n) is 2.82. The Balaban J connectivity index is 2.43. The fraction of sp³-hybridized carbons (Fsp3) is 0.600. The van der Waals surface area contributed by atoms with Gasteiger partial charge in [0.25, 0.3) is 0 Å². The Labute approximate surface area is 120 Å². The number of likely N-dealkylation sites (tertiary alicyclic amines) is 1. The molecule has 20 heavy (non-hydrogen) atoms. The van der Waals surface area contributed by atoms with E-state index < -0.39 is 6.10 Å². The van der Waals surface area contributed by atoms with E-state index in [0.717, 1.165) is 18.5 Å². The van der Waals surface area contributed by atoms with Crippen molar-refractivity contribution in [3.05, 3.63) is 17.7 Å². The minimum absolute atomic E-state index is 0.0157. The van der Waals surface area contributed by atoms with Crippen LogP contribution in [0.4, 0.5) is 0 Å². The topological polar surface area (TPSA) is 51.2 Å². The van der Waals surface area contributed by atoms with Gasteiger partial charge in [-0.2, -0.15) is 0 Å². The van der Waals surface area contributed by atoms with Gasteiger partial charge in [0.05, 0.1) is 27.4 Å². The van der Waals surface area contributed by atoms with Crippen molar-refractivity contribution in [2.75, 3.05) is 41.5 Å². The van der Waals surface area contributed by atoms with E-state index >= 15 is 0 Å². The molecule has 0 spiro atoms. The lowest BCUT2D eigenvalue weighted by atomic mass is 9.86. The summed E-state index contributed by atoms with van der Waals surface area (Å²) in [5.41, 5.74) is 0.927. The highest BCUT2D eigenvalue weighted by Crippen LogP contribution is 2.42. The summed E-state index contributed by atoms with van der Waals surface area (Å²) >= 11 is 0. The predicted molar refractivity (Wildman–Crippen MR) is 77.0 cm³/mol. The van der Waals surface area contributed by atoms with E-state index in [9.17, 15) is 5.11 Å². The average Bonchev–Trinajstić information content (AvgIpc) is 2.46. The Hall–Kier alpha value is -1.46. The summed E-state index contributed by atoms with van der Waals surface area (Å²) in [5, 5.41) is 10.4. The van der Waals surface area contributed by atoms with Crippen LogP contribution in [-0.2, 0) is 0 Å². The van der Waals surface area contributed by atoms with E-state index in [2.05, 4.69) is 4.90 Å². The first-order valence-corrected chi connectivity index (χ1v) is 6.77. The van der Waals surface area contributed by atoms with Gasteiger partial charge in [0, 0.05) is 30.2 Å². The zero-order valence-electron chi connectivity index (χ0n) is 12.5. The monoisotopic (exact) mass is 281 g/mol. The number of aliphatic hydroxyl groups is 1. The molecular formula is C15H23NO4. The van der Waals surface area contributed by atoms with Gasteiger partial charge in [0.15, 0.2) is 0 Å². The van der Waals surface area contributed by atoms with Gasteiger partial charge in [-0.1, -0.05) is 0 Å². The molecule has 1 saturated heterocycles. The third-order valence-electron chi connectivity index (χ3n) is 3.91. The van der Waals surface area contributed by atoms with E-state index in [1.165, 1.54) is 0 Å². The van der Waals surface area contributed by atoms with Gasteiger partial charge in [0.2, 0.25) is 0 Å². The Morgan fingerprint density at radius 2 is 1.70 bits per heavy atom. The van der Waals surface area contributed by atoms with E-state index in [4.69, 9.17) is 14.2 Å². The van der Waals surface area contributed by atoms with Crippen molar-refractivity contribution in [3.63, 3.8) is 0 Å². The molecule has 5 nitrogen and oxygen atoms in total. The summed E-state index contributed by atoms with van der Waals surface area (Å²) in [5.74, 6) is 2.11. The molecule has 0 aliphatic carbocycles. The number of likely N-dealkylation sites (N-methyl/N-ethyl adjacent to an activating group) is 1. The van der Waals surface area contributed by atoms with Crippen LogP contribution in [0.25, 0.3) is 0 Å². The van der Waals surface area contributed by atoms with Gasteiger partial charge in [-0.15, -0.1) is 0 Å². The highest BCUT2D eigenvalue weighted by Gasteiger charge is 2.32. The molecule has 0 saturated carbocycles. The van der Waals surface area contributed by atoms with Gasteiger partial charge in [0.1, 0.15) is 17.2 Å². The molecule has 112 valence electrons. The lowest BCUT2D eigenvalue weighted by Crippen LogP contribution is -2.40. The van der Waals surface area contributed by atoms with Crippen molar-refractivity contribution in [2.45, 2.75) is 18.4 Å². The van der Waals surface area contributed by atoms with Gasteiger partial charge >= 0.3 is 0 Å². The van der Waals surface area contributed by atoms with Crippen LogP contribution in [0.1, 0.15) is 17.9 Å². The Kier molecular flexibility index (Phi) is 4.73. The number of β-amino-alcohol motifs (C(OH)–C–C–N with tert-alkyl or cyclic N) is 1. The molecule has 1 aromatic rings. The molecule has 2 atom stereocenters. The third kappa shape index (κ3) is 2.83. The van der Waals surface area contributed by atoms with Crippen molar-refractivity contribution in [1.82, 2.24) is 4.90 Å². The number of benzene rings is 1. The summed E-state index contributed by atoms with van der Waals surface area (Å²) in [6.45, 7) is 1.60. The zero-order valence-corrected chi connectivity index (χ0v) is 12.5. The number of ether oxygens (including phenoxy) is 3. The lowest BCUT2D eigenvalue weighted by Gasteiger charge is -2.35. The first-order valence-electron chi connectivity index (χ1n) is 6.77. The standard InChI is InChI=1S/C15H23NO4/c1-16-6-5-11(12(17)9-16)15-13(19-3)7-10(18-2)8-14(15)20-4/h7-8,11-12,17H,5-6,9H2,1-4H3. The minimum atomic E-state index is -0.426. The van der Waals surface area contributed by atoms with Gasteiger partial charge < -0.3 is 24.2 Å². The molecule has 0 aromatic heterocycles. The summed E-state index contributed by atoms with van der Waals surface area (Å²) in [6.07, 6.45) is 0.446. The predicted octanol–water partition coefficient (Wildman–Crippen LogP) is 1.49. The molecule has 1 fully saturated rings. The van der Waals surface area contributed by atoms with Crippen molar-refractivity contribution in [3.8, 4) is 17.2 Å². The highest BCUT2D eigenvalue weighted by molar-refractivity contribution is 5.53. The van der Waals surface area contributed by atoms with E-state index in [1.54, 1.807) is 21.3 Å². The van der Waals surface area contributed by atoms with E-state index in [0.29, 0.717) is 23.8 Å². The van der Waals surface area contributed by atoms with Gasteiger partial charge in [-0.05, 0) is 20.0 Å². The number of methoxy groups -OCH3 is 3. The third-order valence-corrected chi connectivity index (χ3v) is 3.91.